The fourth-order valence-corrected chi connectivity index (χ4v) is 7.50. The zero-order valence-corrected chi connectivity index (χ0v) is 20.3. The van der Waals surface area contributed by atoms with E-state index in [2.05, 4.69) is 6.92 Å². The third-order valence-electron chi connectivity index (χ3n) is 9.33. The number of hydrogen-bond donors (Lipinski definition) is 4. The largest absolute Gasteiger partial charge is 0.458 e. The lowest BCUT2D eigenvalue weighted by molar-refractivity contribution is -0.191. The fraction of sp³-hybridized carbons (Fsp3) is 0.769. The van der Waals surface area contributed by atoms with Crippen LogP contribution < -0.4 is 0 Å². The molecule has 7 nitrogen and oxygen atoms in total. The summed E-state index contributed by atoms with van der Waals surface area (Å²) in [6, 6.07) is 0. The van der Waals surface area contributed by atoms with E-state index < -0.39 is 52.7 Å². The summed E-state index contributed by atoms with van der Waals surface area (Å²) in [6.45, 7) is 8.94. The second-order valence-electron chi connectivity index (χ2n) is 11.3. The van der Waals surface area contributed by atoms with Gasteiger partial charge in [0.2, 0.25) is 0 Å². The van der Waals surface area contributed by atoms with Crippen molar-refractivity contribution < 1.29 is 34.8 Å². The summed E-state index contributed by atoms with van der Waals surface area (Å²) in [5.74, 6) is -2.23. The number of fused-ring (bicyclic) bond motifs is 3. The summed E-state index contributed by atoms with van der Waals surface area (Å²) < 4.78 is 6.18. The normalized spacial score (nSPS) is 45.2. The number of aliphatic hydroxyl groups is 4. The van der Waals surface area contributed by atoms with E-state index in [4.69, 9.17) is 4.74 Å². The maximum Gasteiger partial charge on any atom is 0.306 e. The van der Waals surface area contributed by atoms with E-state index in [1.165, 1.54) is 0 Å². The lowest BCUT2D eigenvalue weighted by Gasteiger charge is -2.48. The average Bonchev–Trinajstić information content (AvgIpc) is 3.16. The number of hydrogen-bond acceptors (Lipinski definition) is 7. The molecule has 7 heteroatoms. The van der Waals surface area contributed by atoms with E-state index in [0.717, 1.165) is 19.3 Å². The van der Waals surface area contributed by atoms with Crippen molar-refractivity contribution >= 4 is 11.8 Å². The molecule has 4 rings (SSSR count). The maximum absolute atomic E-state index is 14.2. The van der Waals surface area contributed by atoms with Gasteiger partial charge in [-0.1, -0.05) is 52.7 Å². The quantitative estimate of drug-likeness (QED) is 0.271. The van der Waals surface area contributed by atoms with Crippen molar-refractivity contribution in [2.45, 2.75) is 90.1 Å². The first-order chi connectivity index (χ1) is 15.4. The number of carbonyl (C=O) groups is 2. The number of aliphatic hydroxyl groups excluding tert-OH is 3. The Bertz CT molecular complexity index is 920. The minimum absolute atomic E-state index is 0.111. The van der Waals surface area contributed by atoms with Gasteiger partial charge in [0.25, 0.3) is 0 Å². The Morgan fingerprint density at radius 1 is 1.21 bits per heavy atom. The third-order valence-corrected chi connectivity index (χ3v) is 9.33. The van der Waals surface area contributed by atoms with Gasteiger partial charge in [-0.05, 0) is 36.8 Å². The first-order valence-electron chi connectivity index (χ1n) is 12.2. The number of esters is 1. The van der Waals surface area contributed by atoms with Crippen LogP contribution in [-0.2, 0) is 14.3 Å². The highest BCUT2D eigenvalue weighted by Gasteiger charge is 2.83. The Hall–Kier alpha value is -1.54. The molecule has 4 N–H and O–H groups in total. The number of rotatable bonds is 6. The van der Waals surface area contributed by atoms with Gasteiger partial charge in [-0.2, -0.15) is 0 Å². The number of ketones is 1. The van der Waals surface area contributed by atoms with Crippen molar-refractivity contribution in [1.29, 1.82) is 0 Å². The molecule has 33 heavy (non-hydrogen) atoms. The van der Waals surface area contributed by atoms with E-state index in [0.29, 0.717) is 18.4 Å². The van der Waals surface area contributed by atoms with Gasteiger partial charge >= 0.3 is 5.97 Å². The molecule has 0 aromatic carbocycles. The van der Waals surface area contributed by atoms with E-state index in [1.54, 1.807) is 19.1 Å². The Kier molecular flexibility index (Phi) is 5.76. The van der Waals surface area contributed by atoms with Crippen LogP contribution in [0.3, 0.4) is 0 Å². The molecule has 0 aromatic rings. The summed E-state index contributed by atoms with van der Waals surface area (Å²) in [5, 5.41) is 44.1. The van der Waals surface area contributed by atoms with Gasteiger partial charge < -0.3 is 25.2 Å². The van der Waals surface area contributed by atoms with Gasteiger partial charge in [0.15, 0.2) is 5.78 Å². The van der Waals surface area contributed by atoms with E-state index in [9.17, 15) is 30.0 Å². The molecule has 1 spiro atoms. The maximum atomic E-state index is 14.2. The topological polar surface area (TPSA) is 124 Å². The molecule has 184 valence electrons. The van der Waals surface area contributed by atoms with Crippen LogP contribution in [-0.4, -0.2) is 62.2 Å². The predicted molar refractivity (Wildman–Crippen MR) is 121 cm³/mol. The molecule has 4 aliphatic carbocycles. The van der Waals surface area contributed by atoms with Crippen molar-refractivity contribution in [3.05, 3.63) is 23.3 Å². The molecule has 2 saturated carbocycles. The summed E-state index contributed by atoms with van der Waals surface area (Å²) in [5.41, 5.74) is -4.63. The van der Waals surface area contributed by atoms with Crippen LogP contribution in [0.15, 0.2) is 23.3 Å². The standard InChI is InChI=1S/C26H38O7/c1-6-7-8-9-18(28)33-25-12-15(3)24-11-14(2)20(29)26(24,32)21(30)16(13-27)10-17(22(24)31)19(25)23(25,4)5/h10-11,15,17,19-21,27,29-30,32H,6-9,12-13H2,1-5H3/t15-,17+,19-,20+,21-,24+,25+,26-/m1/s1. The highest BCUT2D eigenvalue weighted by molar-refractivity contribution is 5.95. The van der Waals surface area contributed by atoms with Crippen LogP contribution >= 0.6 is 0 Å². The highest BCUT2D eigenvalue weighted by Crippen LogP contribution is 2.75. The van der Waals surface area contributed by atoms with Gasteiger partial charge in [-0.3, -0.25) is 9.59 Å². The van der Waals surface area contributed by atoms with Crippen molar-refractivity contribution in [2.24, 2.45) is 28.6 Å². The molecule has 0 amide bonds. The van der Waals surface area contributed by atoms with Crippen LogP contribution in [0.25, 0.3) is 0 Å². The molecule has 0 aliphatic heterocycles. The van der Waals surface area contributed by atoms with Crippen LogP contribution in [0.4, 0.5) is 0 Å². The molecule has 0 heterocycles. The molecule has 8 atom stereocenters. The molecular weight excluding hydrogens is 424 g/mol. The zero-order chi connectivity index (χ0) is 24.6. The molecule has 0 aromatic heterocycles. The molecular formula is C26H38O7. The number of unbranched alkanes of at least 4 members (excludes halogenated alkanes) is 2. The second-order valence-corrected chi connectivity index (χ2v) is 11.3. The van der Waals surface area contributed by atoms with E-state index in [-0.39, 0.29) is 23.2 Å². The third kappa shape index (κ3) is 2.89. The monoisotopic (exact) mass is 462 g/mol. The smallest absolute Gasteiger partial charge is 0.306 e. The molecule has 4 aliphatic rings. The van der Waals surface area contributed by atoms with Crippen LogP contribution in [0, 0.1) is 28.6 Å². The number of Topliss-reactive ketones (excluding diaryl/α,β-unsaturated/α-hetero) is 1. The molecule has 0 saturated heterocycles. The minimum atomic E-state index is -2.20. The number of ether oxygens (including phenoxy) is 1. The van der Waals surface area contributed by atoms with Gasteiger partial charge in [0.1, 0.15) is 23.4 Å². The van der Waals surface area contributed by atoms with Gasteiger partial charge in [0.05, 0.1) is 12.0 Å². The Balaban J connectivity index is 1.84. The average molecular weight is 463 g/mol. The molecule has 2 fully saturated rings. The molecule has 2 bridgehead atoms. The lowest BCUT2D eigenvalue weighted by Crippen LogP contribution is -2.65. The predicted octanol–water partition coefficient (Wildman–Crippen LogP) is 2.06. The Morgan fingerprint density at radius 3 is 2.48 bits per heavy atom. The van der Waals surface area contributed by atoms with Crippen molar-refractivity contribution in [1.82, 2.24) is 0 Å². The Labute approximate surface area is 195 Å². The highest BCUT2D eigenvalue weighted by atomic mass is 16.6. The van der Waals surface area contributed by atoms with Crippen molar-refractivity contribution in [3.63, 3.8) is 0 Å². The summed E-state index contributed by atoms with van der Waals surface area (Å²) in [7, 11) is 0. The minimum Gasteiger partial charge on any atom is -0.458 e. The fourth-order valence-electron chi connectivity index (χ4n) is 7.50. The van der Waals surface area contributed by atoms with Gasteiger partial charge in [0, 0.05) is 23.7 Å². The first kappa shape index (κ1) is 24.6. The van der Waals surface area contributed by atoms with Crippen LogP contribution in [0.5, 0.6) is 0 Å². The van der Waals surface area contributed by atoms with Crippen LogP contribution in [0.1, 0.15) is 66.7 Å². The van der Waals surface area contributed by atoms with E-state index in [1.807, 2.05) is 20.8 Å². The number of carbonyl (C=O) groups excluding carboxylic acids is 2. The van der Waals surface area contributed by atoms with Crippen molar-refractivity contribution in [3.8, 4) is 0 Å². The van der Waals surface area contributed by atoms with Gasteiger partial charge in [-0.25, -0.2) is 0 Å². The number of allylic oxidation sites excluding steroid dienone is 1. The lowest BCUT2D eigenvalue weighted by atomic mass is 9.59. The van der Waals surface area contributed by atoms with Crippen molar-refractivity contribution in [2.75, 3.05) is 6.61 Å². The summed E-state index contributed by atoms with van der Waals surface area (Å²) >= 11 is 0. The SMILES string of the molecule is CCCCCC(=O)O[C@@]12C[C@@H](C)[C@]34C=C(C)[C@H](O)[C@@]3(O)[C@H](O)C(CO)=C[C@H](C4=O)[C@@H]1C2(C)C. The molecule has 0 radical (unpaired) electrons. The van der Waals surface area contributed by atoms with Crippen LogP contribution in [0.2, 0.25) is 0 Å². The summed E-state index contributed by atoms with van der Waals surface area (Å²) in [4.78, 5) is 27.1. The first-order valence-corrected chi connectivity index (χ1v) is 12.2. The summed E-state index contributed by atoms with van der Waals surface area (Å²) in [6.07, 6.45) is 3.43. The molecule has 0 unspecified atom stereocenters. The second kappa shape index (κ2) is 7.74. The van der Waals surface area contributed by atoms with Gasteiger partial charge in [-0.15, -0.1) is 0 Å². The van der Waals surface area contributed by atoms with E-state index >= 15 is 0 Å². The Morgan fingerprint density at radius 2 is 1.88 bits per heavy atom. The zero-order valence-electron chi connectivity index (χ0n) is 20.3.